The summed E-state index contributed by atoms with van der Waals surface area (Å²) in [5.41, 5.74) is 2.91. The van der Waals surface area contributed by atoms with Crippen LogP contribution < -0.4 is 14.8 Å². The predicted molar refractivity (Wildman–Crippen MR) is 139 cm³/mol. The van der Waals surface area contributed by atoms with Crippen molar-refractivity contribution in [2.45, 2.75) is 32.6 Å². The lowest BCUT2D eigenvalue weighted by Gasteiger charge is -2.10. The third-order valence-corrected chi connectivity index (χ3v) is 6.16. The SMILES string of the molecule is CCCCCCOC(=O)c1ccccc1NC=C(C#N)c1nc(-c2ccc(OC)c(OC)c2)cs1. The van der Waals surface area contributed by atoms with Crippen molar-refractivity contribution in [3.8, 4) is 28.8 Å². The molecule has 0 atom stereocenters. The quantitative estimate of drug-likeness (QED) is 0.175. The molecule has 1 aromatic heterocycles. The van der Waals surface area contributed by atoms with Crippen molar-refractivity contribution in [2.75, 3.05) is 26.1 Å². The van der Waals surface area contributed by atoms with Crippen molar-refractivity contribution in [3.05, 3.63) is 64.6 Å². The summed E-state index contributed by atoms with van der Waals surface area (Å²) in [6, 6.07) is 14.8. The van der Waals surface area contributed by atoms with Crippen molar-refractivity contribution in [1.29, 1.82) is 5.26 Å². The minimum atomic E-state index is -0.388. The van der Waals surface area contributed by atoms with Gasteiger partial charge in [0.1, 0.15) is 16.6 Å². The zero-order valence-electron chi connectivity index (χ0n) is 20.2. The fourth-order valence-corrected chi connectivity index (χ4v) is 4.17. The van der Waals surface area contributed by atoms with Crippen LogP contribution in [-0.4, -0.2) is 31.8 Å². The Morgan fingerprint density at radius 1 is 1.11 bits per heavy atom. The van der Waals surface area contributed by atoms with Crippen molar-refractivity contribution in [3.63, 3.8) is 0 Å². The number of ether oxygens (including phenoxy) is 3. The summed E-state index contributed by atoms with van der Waals surface area (Å²) in [5.74, 6) is 0.847. The highest BCUT2D eigenvalue weighted by Crippen LogP contribution is 2.33. The third kappa shape index (κ3) is 6.84. The molecule has 35 heavy (non-hydrogen) atoms. The summed E-state index contributed by atoms with van der Waals surface area (Å²) in [4.78, 5) is 17.2. The highest BCUT2D eigenvalue weighted by Gasteiger charge is 2.14. The second-order valence-electron chi connectivity index (χ2n) is 7.66. The van der Waals surface area contributed by atoms with E-state index in [9.17, 15) is 10.1 Å². The molecule has 0 bridgehead atoms. The molecule has 1 N–H and O–H groups in total. The van der Waals surface area contributed by atoms with Gasteiger partial charge in [-0.15, -0.1) is 11.3 Å². The number of hydrogen-bond donors (Lipinski definition) is 1. The summed E-state index contributed by atoms with van der Waals surface area (Å²) in [7, 11) is 3.16. The molecule has 0 unspecified atom stereocenters. The average Bonchev–Trinajstić information content (AvgIpc) is 3.38. The largest absolute Gasteiger partial charge is 0.493 e. The predicted octanol–water partition coefficient (Wildman–Crippen LogP) is 6.54. The maximum atomic E-state index is 12.6. The monoisotopic (exact) mass is 491 g/mol. The number of para-hydroxylation sites is 1. The number of allylic oxidation sites excluding steroid dienone is 1. The van der Waals surface area contributed by atoms with E-state index in [1.54, 1.807) is 38.6 Å². The van der Waals surface area contributed by atoms with Crippen LogP contribution in [0.15, 0.2) is 54.0 Å². The van der Waals surface area contributed by atoms with E-state index in [2.05, 4.69) is 23.3 Å². The standard InChI is InChI=1S/C27H29N3O4S/c1-4-5-6-9-14-34-27(31)21-10-7-8-11-22(21)29-17-20(16-28)26-30-23(18-35-26)19-12-13-24(32-2)25(15-19)33-3/h7-8,10-13,15,17-18,29H,4-6,9,14H2,1-3H3. The van der Waals surface area contributed by atoms with E-state index in [4.69, 9.17) is 14.2 Å². The number of hydrogen-bond acceptors (Lipinski definition) is 8. The number of unbranched alkanes of at least 4 members (excludes halogenated alkanes) is 3. The molecule has 0 aliphatic carbocycles. The van der Waals surface area contributed by atoms with Crippen LogP contribution in [0.3, 0.4) is 0 Å². The summed E-state index contributed by atoms with van der Waals surface area (Å²) >= 11 is 1.36. The first-order valence-corrected chi connectivity index (χ1v) is 12.3. The number of nitrogens with zero attached hydrogens (tertiary/aromatic N) is 2. The molecule has 0 amide bonds. The first-order valence-electron chi connectivity index (χ1n) is 11.4. The van der Waals surface area contributed by atoms with Crippen LogP contribution >= 0.6 is 11.3 Å². The van der Waals surface area contributed by atoms with Crippen LogP contribution in [-0.2, 0) is 4.74 Å². The van der Waals surface area contributed by atoms with Gasteiger partial charge in [0, 0.05) is 17.1 Å². The van der Waals surface area contributed by atoms with Crippen LogP contribution in [0.5, 0.6) is 11.5 Å². The van der Waals surface area contributed by atoms with E-state index in [0.29, 0.717) is 39.9 Å². The maximum Gasteiger partial charge on any atom is 0.340 e. The minimum absolute atomic E-state index is 0.351. The Morgan fingerprint density at radius 2 is 1.91 bits per heavy atom. The van der Waals surface area contributed by atoms with Gasteiger partial charge in [-0.25, -0.2) is 9.78 Å². The molecule has 0 aliphatic heterocycles. The second-order valence-corrected chi connectivity index (χ2v) is 8.52. The number of carbonyl (C=O) groups excluding carboxylic acids is 1. The molecule has 0 fully saturated rings. The molecule has 0 radical (unpaired) electrons. The van der Waals surface area contributed by atoms with E-state index >= 15 is 0 Å². The number of nitrogens with one attached hydrogen (secondary N) is 1. The van der Waals surface area contributed by atoms with E-state index in [0.717, 1.165) is 36.9 Å². The minimum Gasteiger partial charge on any atom is -0.493 e. The number of methoxy groups -OCH3 is 2. The lowest BCUT2D eigenvalue weighted by atomic mass is 10.1. The third-order valence-electron chi connectivity index (χ3n) is 5.28. The molecule has 3 rings (SSSR count). The zero-order chi connectivity index (χ0) is 25.0. The second kappa shape index (κ2) is 13.2. The van der Waals surface area contributed by atoms with Crippen molar-refractivity contribution < 1.29 is 19.0 Å². The van der Waals surface area contributed by atoms with Crippen molar-refractivity contribution in [2.24, 2.45) is 0 Å². The lowest BCUT2D eigenvalue weighted by molar-refractivity contribution is 0.0499. The Bertz CT molecular complexity index is 1210. The molecule has 7 nitrogen and oxygen atoms in total. The smallest absolute Gasteiger partial charge is 0.340 e. The van der Waals surface area contributed by atoms with Gasteiger partial charge in [0.15, 0.2) is 11.5 Å². The lowest BCUT2D eigenvalue weighted by Crippen LogP contribution is -2.09. The summed E-state index contributed by atoms with van der Waals surface area (Å²) in [6.45, 7) is 2.53. The van der Waals surface area contributed by atoms with Crippen LogP contribution in [0.1, 0.15) is 48.0 Å². The van der Waals surface area contributed by atoms with E-state index in [1.807, 2.05) is 29.6 Å². The van der Waals surface area contributed by atoms with Gasteiger partial charge >= 0.3 is 5.97 Å². The molecule has 182 valence electrons. The molecule has 2 aromatic carbocycles. The number of anilines is 1. The fraction of sp³-hybridized carbons (Fsp3) is 0.296. The van der Waals surface area contributed by atoms with Gasteiger partial charge < -0.3 is 19.5 Å². The normalized spacial score (nSPS) is 11.0. The number of thiazole rings is 1. The van der Waals surface area contributed by atoms with Crippen molar-refractivity contribution in [1.82, 2.24) is 4.98 Å². The van der Waals surface area contributed by atoms with Gasteiger partial charge in [-0.3, -0.25) is 0 Å². The van der Waals surface area contributed by atoms with E-state index in [-0.39, 0.29) is 5.97 Å². The van der Waals surface area contributed by atoms with Gasteiger partial charge in [0.05, 0.1) is 37.8 Å². The van der Waals surface area contributed by atoms with Crippen LogP contribution in [0.25, 0.3) is 16.8 Å². The highest BCUT2D eigenvalue weighted by atomic mass is 32.1. The highest BCUT2D eigenvalue weighted by molar-refractivity contribution is 7.11. The van der Waals surface area contributed by atoms with Gasteiger partial charge in [-0.05, 0) is 36.8 Å². The van der Waals surface area contributed by atoms with E-state index in [1.165, 1.54) is 11.3 Å². The molecule has 0 saturated heterocycles. The Balaban J connectivity index is 1.74. The molecule has 1 heterocycles. The van der Waals surface area contributed by atoms with Crippen LogP contribution in [0.2, 0.25) is 0 Å². The Kier molecular flexibility index (Phi) is 9.69. The molecular weight excluding hydrogens is 462 g/mol. The van der Waals surface area contributed by atoms with Gasteiger partial charge in [-0.2, -0.15) is 5.26 Å². The zero-order valence-corrected chi connectivity index (χ0v) is 21.0. The van der Waals surface area contributed by atoms with Gasteiger partial charge in [0.25, 0.3) is 0 Å². The van der Waals surface area contributed by atoms with Gasteiger partial charge in [-0.1, -0.05) is 38.3 Å². The molecule has 0 spiro atoms. The molecule has 0 aliphatic rings. The van der Waals surface area contributed by atoms with E-state index < -0.39 is 0 Å². The molecule has 3 aromatic rings. The molecular formula is C27H29N3O4S. The summed E-state index contributed by atoms with van der Waals surface area (Å²) in [5, 5.41) is 15.3. The first-order chi connectivity index (χ1) is 17.1. The summed E-state index contributed by atoms with van der Waals surface area (Å²) < 4.78 is 16.1. The summed E-state index contributed by atoms with van der Waals surface area (Å²) in [6.07, 6.45) is 5.70. The number of aromatic nitrogens is 1. The van der Waals surface area contributed by atoms with Gasteiger partial charge in [0.2, 0.25) is 0 Å². The van der Waals surface area contributed by atoms with Crippen molar-refractivity contribution >= 4 is 28.6 Å². The Labute approximate surface area is 210 Å². The number of benzene rings is 2. The topological polar surface area (TPSA) is 93.5 Å². The average molecular weight is 492 g/mol. The molecule has 8 heteroatoms. The van der Waals surface area contributed by atoms with Crippen LogP contribution in [0.4, 0.5) is 5.69 Å². The number of carbonyl (C=O) groups is 1. The maximum absolute atomic E-state index is 12.6. The number of nitriles is 1. The fourth-order valence-electron chi connectivity index (χ4n) is 3.38. The first kappa shape index (κ1) is 25.8. The Morgan fingerprint density at radius 3 is 2.66 bits per heavy atom. The molecule has 0 saturated carbocycles. The van der Waals surface area contributed by atoms with Crippen LogP contribution in [0, 0.1) is 11.3 Å². The Hall–Kier alpha value is -3.83. The number of rotatable bonds is 12. The number of esters is 1.